The minimum absolute atomic E-state index is 0.144. The average Bonchev–Trinajstić information content (AvgIpc) is 3.23. The first-order valence-corrected chi connectivity index (χ1v) is 9.91. The molecule has 0 aromatic heterocycles. The molecule has 156 valence electrons. The molecular formula is C23H30N2O4. The number of methoxy groups -OCH3 is 2. The monoisotopic (exact) mass is 398 g/mol. The second-order valence-electron chi connectivity index (χ2n) is 7.32. The van der Waals surface area contributed by atoms with Crippen LogP contribution in [0.5, 0.6) is 0 Å². The Morgan fingerprint density at radius 1 is 1.17 bits per heavy atom. The largest absolute Gasteiger partial charge is 0.465 e. The van der Waals surface area contributed by atoms with E-state index in [-0.39, 0.29) is 18.1 Å². The summed E-state index contributed by atoms with van der Waals surface area (Å²) in [7, 11) is 5.12. The number of anilines is 1. The fourth-order valence-electron chi connectivity index (χ4n) is 3.78. The Kier molecular flexibility index (Phi) is 7.63. The lowest BCUT2D eigenvalue weighted by molar-refractivity contribution is -0.0671. The van der Waals surface area contributed by atoms with Crippen molar-refractivity contribution >= 4 is 11.7 Å². The number of ether oxygens (including phenoxy) is 3. The molecule has 0 N–H and O–H groups in total. The molecular weight excluding hydrogens is 368 g/mol. The van der Waals surface area contributed by atoms with Crippen LogP contribution in [0, 0.1) is 0 Å². The summed E-state index contributed by atoms with van der Waals surface area (Å²) in [5.74, 6) is -0.325. The zero-order chi connectivity index (χ0) is 20.6. The first kappa shape index (κ1) is 21.3. The summed E-state index contributed by atoms with van der Waals surface area (Å²) in [5.41, 5.74) is 2.77. The van der Waals surface area contributed by atoms with Gasteiger partial charge in [0.25, 0.3) is 0 Å². The van der Waals surface area contributed by atoms with Gasteiger partial charge in [0, 0.05) is 39.5 Å². The van der Waals surface area contributed by atoms with Crippen LogP contribution in [0.15, 0.2) is 54.6 Å². The number of likely N-dealkylation sites (tertiary alicyclic amines) is 1. The molecule has 0 aliphatic carbocycles. The molecule has 1 aliphatic rings. The molecule has 6 nitrogen and oxygen atoms in total. The molecule has 2 aromatic carbocycles. The summed E-state index contributed by atoms with van der Waals surface area (Å²) in [6.45, 7) is 3.09. The predicted octanol–water partition coefficient (Wildman–Crippen LogP) is 3.35. The lowest BCUT2D eigenvalue weighted by atomic mass is 10.0. The summed E-state index contributed by atoms with van der Waals surface area (Å²) in [6.07, 6.45) is 1.21. The topological polar surface area (TPSA) is 51.2 Å². The SMILES string of the molecule is COCO[C@H]1CCN(C[C@H](c2ccccc2)N(C)c2cccc(C(=O)OC)c2)C1. The molecule has 0 bridgehead atoms. The maximum Gasteiger partial charge on any atom is 0.337 e. The van der Waals surface area contributed by atoms with Crippen molar-refractivity contribution in [1.29, 1.82) is 0 Å². The summed E-state index contributed by atoms with van der Waals surface area (Å²) in [5, 5.41) is 0. The second kappa shape index (κ2) is 10.4. The number of nitrogens with zero attached hydrogens (tertiary/aromatic N) is 2. The van der Waals surface area contributed by atoms with Crippen molar-refractivity contribution in [2.75, 3.05) is 52.6 Å². The van der Waals surface area contributed by atoms with Crippen molar-refractivity contribution in [2.24, 2.45) is 0 Å². The third-order valence-electron chi connectivity index (χ3n) is 5.41. The Morgan fingerprint density at radius 3 is 2.69 bits per heavy atom. The molecule has 1 fully saturated rings. The number of carbonyl (C=O) groups excluding carboxylic acids is 1. The molecule has 1 heterocycles. The molecule has 29 heavy (non-hydrogen) atoms. The lowest BCUT2D eigenvalue weighted by Gasteiger charge is -2.34. The van der Waals surface area contributed by atoms with E-state index in [2.05, 4.69) is 41.1 Å². The van der Waals surface area contributed by atoms with Gasteiger partial charge in [-0.3, -0.25) is 4.90 Å². The van der Waals surface area contributed by atoms with Crippen LogP contribution < -0.4 is 4.90 Å². The van der Waals surface area contributed by atoms with Gasteiger partial charge < -0.3 is 19.1 Å². The molecule has 0 spiro atoms. The third-order valence-corrected chi connectivity index (χ3v) is 5.41. The highest BCUT2D eigenvalue weighted by atomic mass is 16.7. The van der Waals surface area contributed by atoms with E-state index in [1.807, 2.05) is 24.3 Å². The quantitative estimate of drug-likeness (QED) is 0.477. The van der Waals surface area contributed by atoms with E-state index in [9.17, 15) is 4.79 Å². The van der Waals surface area contributed by atoms with Crippen LogP contribution in [0.1, 0.15) is 28.4 Å². The van der Waals surface area contributed by atoms with Crippen LogP contribution in [0.3, 0.4) is 0 Å². The Hall–Kier alpha value is -2.41. The van der Waals surface area contributed by atoms with Gasteiger partial charge in [-0.05, 0) is 30.2 Å². The van der Waals surface area contributed by atoms with Gasteiger partial charge in [-0.2, -0.15) is 0 Å². The van der Waals surface area contributed by atoms with E-state index >= 15 is 0 Å². The van der Waals surface area contributed by atoms with E-state index in [0.29, 0.717) is 12.4 Å². The zero-order valence-electron chi connectivity index (χ0n) is 17.4. The first-order valence-electron chi connectivity index (χ1n) is 9.91. The number of hydrogen-bond donors (Lipinski definition) is 0. The van der Waals surface area contributed by atoms with Crippen molar-refractivity contribution in [1.82, 2.24) is 4.90 Å². The summed E-state index contributed by atoms with van der Waals surface area (Å²) >= 11 is 0. The van der Waals surface area contributed by atoms with E-state index in [0.717, 1.165) is 31.7 Å². The molecule has 2 aromatic rings. The van der Waals surface area contributed by atoms with Crippen LogP contribution in [-0.2, 0) is 14.2 Å². The van der Waals surface area contributed by atoms with Gasteiger partial charge in [-0.25, -0.2) is 4.79 Å². The van der Waals surface area contributed by atoms with Crippen molar-refractivity contribution in [3.63, 3.8) is 0 Å². The number of esters is 1. The molecule has 1 saturated heterocycles. The molecule has 0 unspecified atom stereocenters. The van der Waals surface area contributed by atoms with Crippen molar-refractivity contribution < 1.29 is 19.0 Å². The molecule has 0 saturated carbocycles. The van der Waals surface area contributed by atoms with Gasteiger partial charge in [0.15, 0.2) is 0 Å². The molecule has 1 aliphatic heterocycles. The van der Waals surface area contributed by atoms with Gasteiger partial charge >= 0.3 is 5.97 Å². The van der Waals surface area contributed by atoms with Gasteiger partial charge in [0.05, 0.1) is 24.8 Å². The Morgan fingerprint density at radius 2 is 1.97 bits per heavy atom. The van der Waals surface area contributed by atoms with Crippen LogP contribution in [0.2, 0.25) is 0 Å². The van der Waals surface area contributed by atoms with Gasteiger partial charge in [-0.1, -0.05) is 36.4 Å². The Bertz CT molecular complexity index is 783. The maximum absolute atomic E-state index is 12.0. The first-order chi connectivity index (χ1) is 14.1. The smallest absolute Gasteiger partial charge is 0.337 e. The van der Waals surface area contributed by atoms with Crippen molar-refractivity contribution in [3.8, 4) is 0 Å². The maximum atomic E-state index is 12.0. The summed E-state index contributed by atoms with van der Waals surface area (Å²) in [4.78, 5) is 16.6. The lowest BCUT2D eigenvalue weighted by Crippen LogP contribution is -2.36. The van der Waals surface area contributed by atoms with E-state index in [1.54, 1.807) is 13.2 Å². The van der Waals surface area contributed by atoms with E-state index in [4.69, 9.17) is 14.2 Å². The molecule has 2 atom stereocenters. The van der Waals surface area contributed by atoms with Crippen LogP contribution in [-0.4, -0.2) is 64.7 Å². The Labute approximate surface area is 173 Å². The number of rotatable bonds is 9. The number of benzene rings is 2. The van der Waals surface area contributed by atoms with Crippen molar-refractivity contribution in [2.45, 2.75) is 18.6 Å². The minimum atomic E-state index is -0.325. The number of carbonyl (C=O) groups is 1. The standard InChI is InChI=1S/C23H30N2O4/c1-24(20-11-7-10-19(14-20)23(26)28-3)22(18-8-5-4-6-9-18)16-25-13-12-21(15-25)29-17-27-2/h4-11,14,21-22H,12-13,15-17H2,1-3H3/t21-,22+/m0/s1. The second-order valence-corrected chi connectivity index (χ2v) is 7.32. The minimum Gasteiger partial charge on any atom is -0.465 e. The highest BCUT2D eigenvalue weighted by Gasteiger charge is 2.28. The fourth-order valence-corrected chi connectivity index (χ4v) is 3.78. The highest BCUT2D eigenvalue weighted by Crippen LogP contribution is 2.29. The Balaban J connectivity index is 1.78. The highest BCUT2D eigenvalue weighted by molar-refractivity contribution is 5.90. The van der Waals surface area contributed by atoms with Gasteiger partial charge in [-0.15, -0.1) is 0 Å². The van der Waals surface area contributed by atoms with Gasteiger partial charge in [0.1, 0.15) is 6.79 Å². The van der Waals surface area contributed by atoms with Crippen molar-refractivity contribution in [3.05, 3.63) is 65.7 Å². The summed E-state index contributed by atoms with van der Waals surface area (Å²) < 4.78 is 15.7. The van der Waals surface area contributed by atoms with Gasteiger partial charge in [0.2, 0.25) is 0 Å². The van der Waals surface area contributed by atoms with Crippen LogP contribution in [0.25, 0.3) is 0 Å². The number of hydrogen-bond acceptors (Lipinski definition) is 6. The predicted molar refractivity (Wildman–Crippen MR) is 113 cm³/mol. The average molecular weight is 399 g/mol. The normalized spacial score (nSPS) is 17.8. The summed E-state index contributed by atoms with van der Waals surface area (Å²) in [6, 6.07) is 18.2. The third kappa shape index (κ3) is 5.56. The van der Waals surface area contributed by atoms with Crippen LogP contribution >= 0.6 is 0 Å². The molecule has 3 rings (SSSR count). The van der Waals surface area contributed by atoms with E-state index < -0.39 is 0 Å². The molecule has 0 radical (unpaired) electrons. The molecule has 6 heteroatoms. The fraction of sp³-hybridized carbons (Fsp3) is 0.435. The van der Waals surface area contributed by atoms with E-state index in [1.165, 1.54) is 12.7 Å². The number of likely N-dealkylation sites (N-methyl/N-ethyl adjacent to an activating group) is 1. The molecule has 0 amide bonds. The van der Waals surface area contributed by atoms with Crippen LogP contribution in [0.4, 0.5) is 5.69 Å². The zero-order valence-corrected chi connectivity index (χ0v) is 17.4.